The van der Waals surface area contributed by atoms with Crippen molar-refractivity contribution in [3.63, 3.8) is 0 Å². The van der Waals surface area contributed by atoms with Gasteiger partial charge in [-0.15, -0.1) is 0 Å². The Morgan fingerprint density at radius 2 is 1.63 bits per heavy atom. The van der Waals surface area contributed by atoms with Crippen molar-refractivity contribution in [1.29, 1.82) is 0 Å². The number of nitrogens with one attached hydrogen (secondary N) is 1. The molecule has 3 nitrogen and oxygen atoms in total. The maximum Gasteiger partial charge on any atom is 0.255 e. The molecule has 0 radical (unpaired) electrons. The second kappa shape index (κ2) is 5.33. The molecule has 1 amide bonds. The van der Waals surface area contributed by atoms with Crippen molar-refractivity contribution in [1.82, 2.24) is 0 Å². The zero-order chi connectivity index (χ0) is 14.0. The fourth-order valence-electron chi connectivity index (χ4n) is 1.83. The molecule has 0 aliphatic carbocycles. The topological polar surface area (TPSA) is 49.3 Å². The van der Waals surface area contributed by atoms with Gasteiger partial charge in [-0.2, -0.15) is 0 Å². The van der Waals surface area contributed by atoms with Crippen LogP contribution in [0.25, 0.3) is 0 Å². The predicted molar refractivity (Wildman–Crippen MR) is 77.0 cm³/mol. The van der Waals surface area contributed by atoms with Crippen molar-refractivity contribution in [2.75, 3.05) is 5.32 Å². The molecule has 0 fully saturated rings. The maximum absolute atomic E-state index is 12.0. The van der Waals surface area contributed by atoms with Gasteiger partial charge >= 0.3 is 0 Å². The van der Waals surface area contributed by atoms with Crippen molar-refractivity contribution in [2.24, 2.45) is 0 Å². The molecular weight excluding hydrogens is 262 g/mol. The molecule has 2 aromatic rings. The van der Waals surface area contributed by atoms with Crippen LogP contribution in [0.15, 0.2) is 36.4 Å². The van der Waals surface area contributed by atoms with Crippen LogP contribution in [-0.2, 0) is 0 Å². The van der Waals surface area contributed by atoms with Crippen LogP contribution in [0.5, 0.6) is 5.75 Å². The van der Waals surface area contributed by atoms with E-state index in [1.807, 2.05) is 0 Å². The normalized spacial score (nSPS) is 10.3. The molecule has 0 aliphatic heterocycles. The van der Waals surface area contributed by atoms with E-state index in [4.69, 9.17) is 11.6 Å². The third kappa shape index (κ3) is 3.06. The lowest BCUT2D eigenvalue weighted by atomic mass is 10.1. The molecule has 0 heterocycles. The molecular formula is C15H14ClNO2. The molecule has 0 bridgehead atoms. The molecule has 0 saturated heterocycles. The number of benzene rings is 2. The van der Waals surface area contributed by atoms with Crippen molar-refractivity contribution in [3.05, 3.63) is 58.1 Å². The summed E-state index contributed by atoms with van der Waals surface area (Å²) >= 11 is 5.78. The van der Waals surface area contributed by atoms with Gasteiger partial charge < -0.3 is 10.4 Å². The number of rotatable bonds is 2. The fourth-order valence-corrected chi connectivity index (χ4v) is 1.96. The molecule has 0 saturated carbocycles. The first-order chi connectivity index (χ1) is 8.97. The lowest BCUT2D eigenvalue weighted by Crippen LogP contribution is -2.11. The standard InChI is InChI=1S/C15H14ClNO2/c1-9-7-13(8-10(2)14(9)18)17-15(19)11-3-5-12(16)6-4-11/h3-8,18H,1-2H3,(H,17,19). The summed E-state index contributed by atoms with van der Waals surface area (Å²) in [5.41, 5.74) is 2.65. The number of hydrogen-bond acceptors (Lipinski definition) is 2. The fraction of sp³-hybridized carbons (Fsp3) is 0.133. The molecule has 19 heavy (non-hydrogen) atoms. The van der Waals surface area contributed by atoms with Crippen LogP contribution in [0.1, 0.15) is 21.5 Å². The van der Waals surface area contributed by atoms with Gasteiger partial charge in [0.15, 0.2) is 0 Å². The molecule has 0 unspecified atom stereocenters. The Morgan fingerprint density at radius 1 is 1.11 bits per heavy atom. The number of halogens is 1. The Bertz CT molecular complexity index is 598. The molecule has 98 valence electrons. The highest BCUT2D eigenvalue weighted by molar-refractivity contribution is 6.30. The maximum atomic E-state index is 12.0. The van der Waals surface area contributed by atoms with Crippen LogP contribution < -0.4 is 5.32 Å². The van der Waals surface area contributed by atoms with Gasteiger partial charge in [0.25, 0.3) is 5.91 Å². The summed E-state index contributed by atoms with van der Waals surface area (Å²) < 4.78 is 0. The van der Waals surface area contributed by atoms with Crippen LogP contribution >= 0.6 is 11.6 Å². The Labute approximate surface area is 116 Å². The van der Waals surface area contributed by atoms with Gasteiger partial charge in [-0.1, -0.05) is 11.6 Å². The van der Waals surface area contributed by atoms with Gasteiger partial charge in [0.1, 0.15) is 5.75 Å². The van der Waals surface area contributed by atoms with E-state index in [1.165, 1.54) is 0 Å². The van der Waals surface area contributed by atoms with Gasteiger partial charge in [-0.25, -0.2) is 0 Å². The summed E-state index contributed by atoms with van der Waals surface area (Å²) in [6, 6.07) is 10.1. The number of anilines is 1. The highest BCUT2D eigenvalue weighted by Crippen LogP contribution is 2.25. The predicted octanol–water partition coefficient (Wildman–Crippen LogP) is 3.91. The van der Waals surface area contributed by atoms with Crippen molar-refractivity contribution < 1.29 is 9.90 Å². The average molecular weight is 276 g/mol. The molecule has 0 aromatic heterocycles. The molecule has 0 spiro atoms. The van der Waals surface area contributed by atoms with Crippen LogP contribution in [0, 0.1) is 13.8 Å². The Kier molecular flexibility index (Phi) is 3.76. The summed E-state index contributed by atoms with van der Waals surface area (Å²) in [6.45, 7) is 3.58. The lowest BCUT2D eigenvalue weighted by molar-refractivity contribution is 0.102. The summed E-state index contributed by atoms with van der Waals surface area (Å²) in [5, 5.41) is 13.1. The average Bonchev–Trinajstić information content (AvgIpc) is 2.36. The number of aryl methyl sites for hydroxylation is 2. The molecule has 4 heteroatoms. The third-order valence-electron chi connectivity index (χ3n) is 2.86. The highest BCUT2D eigenvalue weighted by atomic mass is 35.5. The van der Waals surface area contributed by atoms with Gasteiger partial charge in [-0.05, 0) is 61.4 Å². The molecule has 2 N–H and O–H groups in total. The summed E-state index contributed by atoms with van der Waals surface area (Å²) in [4.78, 5) is 12.0. The van der Waals surface area contributed by atoms with E-state index in [9.17, 15) is 9.90 Å². The van der Waals surface area contributed by atoms with Gasteiger partial charge in [0.2, 0.25) is 0 Å². The smallest absolute Gasteiger partial charge is 0.255 e. The van der Waals surface area contributed by atoms with E-state index in [2.05, 4.69) is 5.32 Å². The van der Waals surface area contributed by atoms with E-state index < -0.39 is 0 Å². The minimum Gasteiger partial charge on any atom is -0.507 e. The number of hydrogen-bond donors (Lipinski definition) is 2. The Balaban J connectivity index is 2.22. The summed E-state index contributed by atoms with van der Waals surface area (Å²) in [5.74, 6) is 0.0469. The van der Waals surface area contributed by atoms with Gasteiger partial charge in [0.05, 0.1) is 0 Å². The van der Waals surface area contributed by atoms with E-state index in [0.29, 0.717) is 16.3 Å². The van der Waals surface area contributed by atoms with Crippen LogP contribution in [0.2, 0.25) is 5.02 Å². The van der Waals surface area contributed by atoms with Crippen molar-refractivity contribution >= 4 is 23.2 Å². The van der Waals surface area contributed by atoms with Gasteiger partial charge in [0, 0.05) is 16.3 Å². The number of phenolic OH excluding ortho intramolecular Hbond substituents is 1. The first-order valence-corrected chi connectivity index (χ1v) is 6.22. The van der Waals surface area contributed by atoms with E-state index >= 15 is 0 Å². The number of amides is 1. The van der Waals surface area contributed by atoms with E-state index in [0.717, 1.165) is 11.1 Å². The first kappa shape index (κ1) is 13.4. The van der Waals surface area contributed by atoms with Crippen molar-refractivity contribution in [3.8, 4) is 5.75 Å². The highest BCUT2D eigenvalue weighted by Gasteiger charge is 2.08. The summed E-state index contributed by atoms with van der Waals surface area (Å²) in [6.07, 6.45) is 0. The molecule has 2 rings (SSSR count). The molecule has 0 aliphatic rings. The molecule has 2 aromatic carbocycles. The minimum atomic E-state index is -0.207. The number of carbonyl (C=O) groups excluding carboxylic acids is 1. The SMILES string of the molecule is Cc1cc(NC(=O)c2ccc(Cl)cc2)cc(C)c1O. The number of phenols is 1. The molecule has 0 atom stereocenters. The Morgan fingerprint density at radius 3 is 2.16 bits per heavy atom. The largest absolute Gasteiger partial charge is 0.507 e. The van der Waals surface area contributed by atoms with Crippen LogP contribution in [-0.4, -0.2) is 11.0 Å². The monoisotopic (exact) mass is 275 g/mol. The van der Waals surface area contributed by atoms with Gasteiger partial charge in [-0.3, -0.25) is 4.79 Å². The van der Waals surface area contributed by atoms with E-state index in [1.54, 1.807) is 50.2 Å². The minimum absolute atomic E-state index is 0.207. The van der Waals surface area contributed by atoms with Crippen LogP contribution in [0.4, 0.5) is 5.69 Å². The number of carbonyl (C=O) groups is 1. The van der Waals surface area contributed by atoms with Crippen LogP contribution in [0.3, 0.4) is 0 Å². The second-order valence-corrected chi connectivity index (χ2v) is 4.86. The third-order valence-corrected chi connectivity index (χ3v) is 3.11. The second-order valence-electron chi connectivity index (χ2n) is 4.42. The number of aromatic hydroxyl groups is 1. The summed E-state index contributed by atoms with van der Waals surface area (Å²) in [7, 11) is 0. The first-order valence-electron chi connectivity index (χ1n) is 5.84. The zero-order valence-corrected chi connectivity index (χ0v) is 11.5. The van der Waals surface area contributed by atoms with E-state index in [-0.39, 0.29) is 11.7 Å². The van der Waals surface area contributed by atoms with Crippen molar-refractivity contribution in [2.45, 2.75) is 13.8 Å². The quantitative estimate of drug-likeness (QED) is 0.816. The zero-order valence-electron chi connectivity index (χ0n) is 10.7. The Hall–Kier alpha value is -2.00. The lowest BCUT2D eigenvalue weighted by Gasteiger charge is -2.09.